The smallest absolute Gasteiger partial charge is 0.260 e. The fraction of sp³-hybridized carbons (Fsp3) is 0.192. The minimum absolute atomic E-state index is 0.0369. The number of nitrogens with one attached hydrogen (secondary N) is 2. The fourth-order valence-corrected chi connectivity index (χ4v) is 5.37. The molecule has 1 unspecified atom stereocenters. The van der Waals surface area contributed by atoms with E-state index in [1.54, 1.807) is 0 Å². The van der Waals surface area contributed by atoms with Gasteiger partial charge in [0.2, 0.25) is 0 Å². The number of amides is 1. The van der Waals surface area contributed by atoms with E-state index in [9.17, 15) is 35.2 Å². The van der Waals surface area contributed by atoms with Gasteiger partial charge in [0.25, 0.3) is 5.91 Å². The number of benzene rings is 3. The highest BCUT2D eigenvalue weighted by molar-refractivity contribution is 7.90. The van der Waals surface area contributed by atoms with Crippen molar-refractivity contribution in [2.24, 2.45) is 0 Å². The van der Waals surface area contributed by atoms with Gasteiger partial charge in [0, 0.05) is 29.8 Å². The van der Waals surface area contributed by atoms with E-state index in [1.165, 1.54) is 30.6 Å². The summed E-state index contributed by atoms with van der Waals surface area (Å²) in [6.45, 7) is 0.571. The van der Waals surface area contributed by atoms with Gasteiger partial charge in [-0.2, -0.15) is 0 Å². The molecule has 0 saturated carbocycles. The number of halogens is 6. The van der Waals surface area contributed by atoms with Gasteiger partial charge >= 0.3 is 0 Å². The highest BCUT2D eigenvalue weighted by Gasteiger charge is 2.34. The lowest BCUT2D eigenvalue weighted by Crippen LogP contribution is -2.23. The maximum Gasteiger partial charge on any atom is 0.260 e. The van der Waals surface area contributed by atoms with E-state index in [-0.39, 0.29) is 39.8 Å². The molecular formula is C26H18ClF5N4O5S. The van der Waals surface area contributed by atoms with Gasteiger partial charge in [-0.25, -0.2) is 40.3 Å². The van der Waals surface area contributed by atoms with Crippen LogP contribution in [-0.2, 0) is 14.6 Å². The van der Waals surface area contributed by atoms with Crippen molar-refractivity contribution in [3.63, 3.8) is 0 Å². The molecule has 1 aromatic heterocycles. The first kappa shape index (κ1) is 29.4. The predicted octanol–water partition coefficient (Wildman–Crippen LogP) is 5.55. The SMILES string of the molecule is CS(=O)(=O)c1c(F)c(F)c(F)c(F)c1C(=O)Nc1cc2c(Nc3ccc(F)c(Cl)c3)ncnc2cc1OC1CCOC1. The highest BCUT2D eigenvalue weighted by atomic mass is 35.5. The first-order valence-electron chi connectivity index (χ1n) is 12.0. The molecule has 3 aromatic carbocycles. The van der Waals surface area contributed by atoms with E-state index in [0.717, 1.165) is 6.07 Å². The summed E-state index contributed by atoms with van der Waals surface area (Å²) in [5, 5.41) is 5.18. The zero-order valence-corrected chi connectivity index (χ0v) is 22.8. The summed E-state index contributed by atoms with van der Waals surface area (Å²) in [4.78, 5) is 19.9. The third kappa shape index (κ3) is 5.67. The Morgan fingerprint density at radius 3 is 2.45 bits per heavy atom. The Kier molecular flexibility index (Phi) is 7.92. The summed E-state index contributed by atoms with van der Waals surface area (Å²) in [6.07, 6.45) is 1.59. The minimum Gasteiger partial charge on any atom is -0.486 e. The lowest BCUT2D eigenvalue weighted by Gasteiger charge is -2.19. The number of aromatic nitrogens is 2. The van der Waals surface area contributed by atoms with Crippen LogP contribution in [0.2, 0.25) is 5.02 Å². The van der Waals surface area contributed by atoms with Gasteiger partial charge in [-0.15, -0.1) is 0 Å². The van der Waals surface area contributed by atoms with Crippen LogP contribution < -0.4 is 15.4 Å². The van der Waals surface area contributed by atoms with Crippen LogP contribution in [0.15, 0.2) is 41.6 Å². The molecule has 5 rings (SSSR count). The van der Waals surface area contributed by atoms with E-state index < -0.39 is 61.4 Å². The molecule has 1 atom stereocenters. The number of rotatable bonds is 7. The van der Waals surface area contributed by atoms with Gasteiger partial charge in [-0.3, -0.25) is 4.79 Å². The van der Waals surface area contributed by atoms with E-state index in [0.29, 0.717) is 25.0 Å². The number of carbonyl (C=O) groups excluding carboxylic acids is 1. The number of anilines is 3. The molecule has 2 N–H and O–H groups in total. The van der Waals surface area contributed by atoms with Crippen molar-refractivity contribution in [3.05, 3.63) is 76.3 Å². The van der Waals surface area contributed by atoms with Gasteiger partial charge in [0.15, 0.2) is 33.1 Å². The number of sulfone groups is 1. The third-order valence-electron chi connectivity index (χ3n) is 6.17. The number of nitrogens with zero attached hydrogens (tertiary/aromatic N) is 2. The summed E-state index contributed by atoms with van der Waals surface area (Å²) in [7, 11) is -4.77. The normalized spacial score (nSPS) is 15.2. The third-order valence-corrected chi connectivity index (χ3v) is 7.59. The van der Waals surface area contributed by atoms with Crippen molar-refractivity contribution in [2.75, 3.05) is 30.1 Å². The van der Waals surface area contributed by atoms with E-state index >= 15 is 0 Å². The average Bonchev–Trinajstić information content (AvgIpc) is 3.44. The van der Waals surface area contributed by atoms with Gasteiger partial charge in [0.05, 0.1) is 29.4 Å². The Balaban J connectivity index is 1.63. The molecule has 0 radical (unpaired) electrons. The van der Waals surface area contributed by atoms with Crippen molar-refractivity contribution in [1.29, 1.82) is 0 Å². The lowest BCUT2D eigenvalue weighted by molar-refractivity contribution is 0.101. The van der Waals surface area contributed by atoms with Crippen LogP contribution in [0, 0.1) is 29.1 Å². The molecule has 4 aromatic rings. The molecule has 0 aliphatic carbocycles. The number of ether oxygens (including phenoxy) is 2. The molecule has 220 valence electrons. The Morgan fingerprint density at radius 1 is 1.05 bits per heavy atom. The Bertz CT molecular complexity index is 1860. The van der Waals surface area contributed by atoms with Gasteiger partial charge < -0.3 is 20.1 Å². The Labute approximate surface area is 239 Å². The maximum absolute atomic E-state index is 14.8. The van der Waals surface area contributed by atoms with Crippen LogP contribution >= 0.6 is 11.6 Å². The van der Waals surface area contributed by atoms with Crippen LogP contribution in [0.3, 0.4) is 0 Å². The molecule has 1 fully saturated rings. The van der Waals surface area contributed by atoms with Crippen LogP contribution in [0.1, 0.15) is 16.8 Å². The van der Waals surface area contributed by atoms with Crippen LogP contribution in [0.25, 0.3) is 10.9 Å². The molecule has 0 spiro atoms. The van der Waals surface area contributed by atoms with E-state index in [1.807, 2.05) is 0 Å². The quantitative estimate of drug-likeness (QED) is 0.118. The second kappa shape index (κ2) is 11.3. The molecule has 42 heavy (non-hydrogen) atoms. The first-order chi connectivity index (χ1) is 19.8. The predicted molar refractivity (Wildman–Crippen MR) is 141 cm³/mol. The van der Waals surface area contributed by atoms with E-state index in [2.05, 4.69) is 20.6 Å². The fourth-order valence-electron chi connectivity index (χ4n) is 4.22. The average molecular weight is 629 g/mol. The van der Waals surface area contributed by atoms with Gasteiger partial charge in [-0.05, 0) is 24.3 Å². The van der Waals surface area contributed by atoms with E-state index in [4.69, 9.17) is 21.1 Å². The summed E-state index contributed by atoms with van der Waals surface area (Å²) >= 11 is 5.86. The zero-order valence-electron chi connectivity index (χ0n) is 21.3. The van der Waals surface area contributed by atoms with Crippen molar-refractivity contribution in [2.45, 2.75) is 17.4 Å². The number of fused-ring (bicyclic) bond motifs is 1. The number of hydrogen-bond donors (Lipinski definition) is 2. The summed E-state index contributed by atoms with van der Waals surface area (Å²) in [5.74, 6) is -11.4. The molecule has 1 aliphatic rings. The minimum atomic E-state index is -4.77. The second-order valence-corrected chi connectivity index (χ2v) is 11.5. The van der Waals surface area contributed by atoms with Crippen LogP contribution in [-0.4, -0.2) is 49.9 Å². The van der Waals surface area contributed by atoms with Crippen LogP contribution in [0.4, 0.5) is 39.1 Å². The molecule has 2 heterocycles. The molecule has 1 saturated heterocycles. The monoisotopic (exact) mass is 628 g/mol. The molecular weight excluding hydrogens is 611 g/mol. The van der Waals surface area contributed by atoms with Crippen molar-refractivity contribution >= 4 is 55.4 Å². The number of hydrogen-bond acceptors (Lipinski definition) is 8. The first-order valence-corrected chi connectivity index (χ1v) is 14.2. The molecule has 9 nitrogen and oxygen atoms in total. The zero-order chi connectivity index (χ0) is 30.3. The van der Waals surface area contributed by atoms with Crippen LogP contribution in [0.5, 0.6) is 5.75 Å². The molecule has 1 amide bonds. The molecule has 1 aliphatic heterocycles. The largest absolute Gasteiger partial charge is 0.486 e. The van der Waals surface area contributed by atoms with Crippen molar-refractivity contribution in [3.8, 4) is 5.75 Å². The topological polar surface area (TPSA) is 120 Å². The van der Waals surface area contributed by atoms with Crippen molar-refractivity contribution < 1.29 is 44.6 Å². The Hall–Kier alpha value is -4.08. The summed E-state index contributed by atoms with van der Waals surface area (Å²) < 4.78 is 107. The molecule has 0 bridgehead atoms. The standard InChI is InChI=1S/C26H18ClF5N4O5S/c1-42(38,39)24-19(20(29)21(30)22(31)23(24)32)26(37)36-17-7-13-16(8-18(17)41-12-4-5-40-9-12)33-10-34-25(13)35-11-2-3-15(28)14(27)6-11/h2-3,6-8,10,12H,4-5,9H2,1H3,(H,36,37)(H,33,34,35). The highest BCUT2D eigenvalue weighted by Crippen LogP contribution is 2.36. The molecule has 16 heteroatoms. The lowest BCUT2D eigenvalue weighted by atomic mass is 10.1. The maximum atomic E-state index is 14.8. The second-order valence-electron chi connectivity index (χ2n) is 9.13. The Morgan fingerprint density at radius 2 is 1.79 bits per heavy atom. The number of carbonyl (C=O) groups is 1. The summed E-state index contributed by atoms with van der Waals surface area (Å²) in [5.41, 5.74) is -1.19. The van der Waals surface area contributed by atoms with Crippen molar-refractivity contribution in [1.82, 2.24) is 9.97 Å². The van der Waals surface area contributed by atoms with Gasteiger partial charge in [-0.1, -0.05) is 11.6 Å². The summed E-state index contributed by atoms with van der Waals surface area (Å²) in [6, 6.07) is 6.44. The van der Waals surface area contributed by atoms with Gasteiger partial charge in [0.1, 0.15) is 40.3 Å².